The lowest BCUT2D eigenvalue weighted by Gasteiger charge is -2.33. The molecular formula is C37H57N5O10S. The molecule has 0 radical (unpaired) electrons. The molecule has 15 nitrogen and oxygen atoms in total. The van der Waals surface area contributed by atoms with Crippen molar-refractivity contribution in [2.24, 2.45) is 0 Å². The van der Waals surface area contributed by atoms with Crippen LogP contribution in [0.1, 0.15) is 59.8 Å². The molecule has 0 aliphatic carbocycles. The van der Waals surface area contributed by atoms with Gasteiger partial charge in [0, 0.05) is 62.8 Å². The number of nitrogens with one attached hydrogen (secondary N) is 2. The number of aliphatic hydroxyl groups excluding tert-OH is 6. The predicted octanol–water partition coefficient (Wildman–Crippen LogP) is 2.46. The highest BCUT2D eigenvalue weighted by Gasteiger charge is 2.37. The van der Waals surface area contributed by atoms with Gasteiger partial charge in [-0.2, -0.15) is 0 Å². The summed E-state index contributed by atoms with van der Waals surface area (Å²) >= 11 is 0.929. The number of benzene rings is 2. The molecule has 16 heteroatoms. The first-order valence-corrected chi connectivity index (χ1v) is 19.4. The molecule has 2 aromatic rings. The molecule has 3 rings (SSSR count). The van der Waals surface area contributed by atoms with E-state index in [1.807, 2.05) is 36.4 Å². The van der Waals surface area contributed by atoms with Crippen molar-refractivity contribution in [3.05, 3.63) is 36.4 Å². The summed E-state index contributed by atoms with van der Waals surface area (Å²) in [5, 5.41) is 62.6. The van der Waals surface area contributed by atoms with Crippen LogP contribution in [0.3, 0.4) is 0 Å². The number of hydrogen-bond donors (Lipinski definition) is 8. The third kappa shape index (κ3) is 11.9. The summed E-state index contributed by atoms with van der Waals surface area (Å²) in [5.74, 6) is -0.102. The standard InChI is InChI=1S/C37H57N5O10S/c1-5-40(6-2)24-14-16-26-29(20-24)52-30-21-25(41(7-3)8-4)15-17-27(30)42(26)37(51)53-23-31(45)38-18-12-10-9-11-13-19-39-36(50)35(49)34(48)33(47)32(46)28(44)22-43/h14-17,20-21,28,32-35,43-44,46-49H,5-13,18-19,22-23H2,1-4H3,(H,38,45)(H,39,50)/t28-,32-,33+,34-,35-/m1/s1. The first-order chi connectivity index (χ1) is 25.4. The number of nitrogens with zero attached hydrogens (tertiary/aromatic N) is 3. The van der Waals surface area contributed by atoms with E-state index in [0.29, 0.717) is 35.8 Å². The Morgan fingerprint density at radius 3 is 1.70 bits per heavy atom. The molecule has 0 saturated heterocycles. The number of amides is 3. The highest BCUT2D eigenvalue weighted by molar-refractivity contribution is 8.14. The van der Waals surface area contributed by atoms with Crippen LogP contribution in [-0.2, 0) is 9.59 Å². The average Bonchev–Trinajstić information content (AvgIpc) is 3.17. The van der Waals surface area contributed by atoms with E-state index in [0.717, 1.165) is 75.0 Å². The predicted molar refractivity (Wildman–Crippen MR) is 206 cm³/mol. The topological polar surface area (TPSA) is 216 Å². The molecule has 296 valence electrons. The lowest BCUT2D eigenvalue weighted by molar-refractivity contribution is -0.156. The van der Waals surface area contributed by atoms with E-state index in [2.05, 4.69) is 48.1 Å². The number of carbonyl (C=O) groups excluding carboxylic acids is 3. The van der Waals surface area contributed by atoms with Crippen LogP contribution in [0.4, 0.5) is 27.5 Å². The molecule has 0 fully saturated rings. The third-order valence-electron chi connectivity index (χ3n) is 9.20. The quantitative estimate of drug-likeness (QED) is 0.0811. The maximum absolute atomic E-state index is 13.7. The van der Waals surface area contributed by atoms with Gasteiger partial charge in [-0.1, -0.05) is 31.0 Å². The summed E-state index contributed by atoms with van der Waals surface area (Å²) in [4.78, 5) is 44.6. The lowest BCUT2D eigenvalue weighted by atomic mass is 9.99. The van der Waals surface area contributed by atoms with Crippen molar-refractivity contribution < 1.29 is 49.8 Å². The largest absolute Gasteiger partial charge is 0.453 e. The molecule has 2 aromatic carbocycles. The summed E-state index contributed by atoms with van der Waals surface area (Å²) in [6, 6.07) is 11.6. The van der Waals surface area contributed by atoms with Gasteiger partial charge in [0.05, 0.1) is 23.7 Å². The summed E-state index contributed by atoms with van der Waals surface area (Å²) in [6.07, 6.45) is -6.18. The van der Waals surface area contributed by atoms with Gasteiger partial charge < -0.3 is 55.8 Å². The zero-order valence-corrected chi connectivity index (χ0v) is 31.9. The van der Waals surface area contributed by atoms with Gasteiger partial charge in [0.15, 0.2) is 17.6 Å². The molecule has 5 atom stereocenters. The van der Waals surface area contributed by atoms with Gasteiger partial charge in [0.25, 0.3) is 11.1 Å². The summed E-state index contributed by atoms with van der Waals surface area (Å²) in [6.45, 7) is 11.4. The van der Waals surface area contributed by atoms with Crippen molar-refractivity contribution in [2.75, 3.05) is 66.3 Å². The molecule has 53 heavy (non-hydrogen) atoms. The normalized spacial score (nSPS) is 14.9. The number of rotatable bonds is 22. The first-order valence-electron chi connectivity index (χ1n) is 18.4. The van der Waals surface area contributed by atoms with Gasteiger partial charge >= 0.3 is 0 Å². The third-order valence-corrected chi connectivity index (χ3v) is 10.0. The van der Waals surface area contributed by atoms with Crippen LogP contribution in [0, 0.1) is 0 Å². The molecule has 1 heterocycles. The molecule has 1 aliphatic rings. The minimum atomic E-state index is -2.07. The molecule has 0 bridgehead atoms. The van der Waals surface area contributed by atoms with Crippen LogP contribution in [0.5, 0.6) is 11.5 Å². The van der Waals surface area contributed by atoms with E-state index in [1.165, 1.54) is 0 Å². The van der Waals surface area contributed by atoms with Crippen LogP contribution in [0.25, 0.3) is 0 Å². The Balaban J connectivity index is 1.44. The van der Waals surface area contributed by atoms with Crippen molar-refractivity contribution in [1.82, 2.24) is 10.6 Å². The van der Waals surface area contributed by atoms with Gasteiger partial charge in [-0.15, -0.1) is 0 Å². The Hall–Kier alpha value is -3.64. The molecular weight excluding hydrogens is 706 g/mol. The molecule has 0 saturated carbocycles. The fourth-order valence-corrected chi connectivity index (χ4v) is 6.68. The average molecular weight is 764 g/mol. The Kier molecular flexibility index (Phi) is 18.1. The Morgan fingerprint density at radius 2 is 1.21 bits per heavy atom. The van der Waals surface area contributed by atoms with E-state index in [1.54, 1.807) is 4.90 Å². The molecule has 3 amide bonds. The Morgan fingerprint density at radius 1 is 0.717 bits per heavy atom. The molecule has 0 aromatic heterocycles. The van der Waals surface area contributed by atoms with Gasteiger partial charge in [-0.3, -0.25) is 19.3 Å². The van der Waals surface area contributed by atoms with Gasteiger partial charge in [0.1, 0.15) is 24.4 Å². The minimum absolute atomic E-state index is 0.0475. The first kappa shape index (κ1) is 43.8. The van der Waals surface area contributed by atoms with Crippen LogP contribution < -0.4 is 30.1 Å². The second-order valence-corrected chi connectivity index (χ2v) is 13.6. The number of thioether (sulfide) groups is 1. The number of carbonyl (C=O) groups is 3. The number of hydrogen-bond acceptors (Lipinski definition) is 13. The van der Waals surface area contributed by atoms with E-state index in [-0.39, 0.29) is 23.4 Å². The van der Waals surface area contributed by atoms with Crippen molar-refractivity contribution in [2.45, 2.75) is 90.3 Å². The minimum Gasteiger partial charge on any atom is -0.453 e. The fourth-order valence-electron chi connectivity index (χ4n) is 6.00. The molecule has 8 N–H and O–H groups in total. The Labute approximate surface area is 315 Å². The summed E-state index contributed by atoms with van der Waals surface area (Å²) < 4.78 is 6.40. The maximum Gasteiger partial charge on any atom is 0.291 e. The highest BCUT2D eigenvalue weighted by atomic mass is 32.2. The van der Waals surface area contributed by atoms with Crippen LogP contribution in [-0.4, -0.2) is 130 Å². The highest BCUT2D eigenvalue weighted by Crippen LogP contribution is 2.50. The fraction of sp³-hybridized carbons (Fsp3) is 0.595. The van der Waals surface area contributed by atoms with Crippen molar-refractivity contribution in [3.8, 4) is 11.5 Å². The van der Waals surface area contributed by atoms with Crippen LogP contribution >= 0.6 is 11.8 Å². The number of fused-ring (bicyclic) bond motifs is 2. The summed E-state index contributed by atoms with van der Waals surface area (Å²) in [7, 11) is 0. The van der Waals surface area contributed by atoms with Crippen molar-refractivity contribution >= 4 is 51.6 Å². The smallest absolute Gasteiger partial charge is 0.291 e. The van der Waals surface area contributed by atoms with E-state index < -0.39 is 43.0 Å². The molecule has 0 unspecified atom stereocenters. The zero-order chi connectivity index (χ0) is 39.1. The van der Waals surface area contributed by atoms with Gasteiger partial charge in [-0.25, -0.2) is 0 Å². The number of unbranched alkanes of at least 4 members (excludes halogenated alkanes) is 4. The SMILES string of the molecule is CCN(CC)c1ccc2c(c1)Oc1cc(N(CC)CC)ccc1N2C(=O)SCC(=O)NCCCCCCCNC(=O)[C@H](O)[C@H](O)[C@@H](O)[C@H](O)[C@H](O)CO. The van der Waals surface area contributed by atoms with Crippen LogP contribution in [0.15, 0.2) is 36.4 Å². The van der Waals surface area contributed by atoms with Crippen molar-refractivity contribution in [3.63, 3.8) is 0 Å². The number of aliphatic hydroxyl groups is 6. The van der Waals surface area contributed by atoms with E-state index >= 15 is 0 Å². The second-order valence-electron chi connectivity index (χ2n) is 12.7. The van der Waals surface area contributed by atoms with Gasteiger partial charge in [-0.05, 0) is 64.8 Å². The monoisotopic (exact) mass is 763 g/mol. The Bertz CT molecular complexity index is 1420. The van der Waals surface area contributed by atoms with Crippen molar-refractivity contribution in [1.29, 1.82) is 0 Å². The maximum atomic E-state index is 13.7. The lowest BCUT2D eigenvalue weighted by Crippen LogP contribution is -2.54. The second kappa shape index (κ2) is 21.9. The molecule has 1 aliphatic heterocycles. The molecule has 0 spiro atoms. The number of ether oxygens (including phenoxy) is 1. The number of anilines is 4. The van der Waals surface area contributed by atoms with E-state index in [9.17, 15) is 39.9 Å². The zero-order valence-electron chi connectivity index (χ0n) is 31.1. The van der Waals surface area contributed by atoms with Gasteiger partial charge in [0.2, 0.25) is 5.91 Å². The van der Waals surface area contributed by atoms with E-state index in [4.69, 9.17) is 9.84 Å². The summed E-state index contributed by atoms with van der Waals surface area (Å²) in [5.41, 5.74) is 3.22. The van der Waals surface area contributed by atoms with Crippen LogP contribution in [0.2, 0.25) is 0 Å².